The van der Waals surface area contributed by atoms with Gasteiger partial charge in [-0.05, 0) is 33.1 Å². The zero-order chi connectivity index (χ0) is 17.4. The second kappa shape index (κ2) is 5.73. The number of rotatable bonds is 4. The van der Waals surface area contributed by atoms with Gasteiger partial charge in [0, 0.05) is 5.70 Å². The Kier molecular flexibility index (Phi) is 4.25. The van der Waals surface area contributed by atoms with Crippen molar-refractivity contribution in [1.29, 1.82) is 0 Å². The summed E-state index contributed by atoms with van der Waals surface area (Å²) in [6.45, 7) is 3.22. The van der Waals surface area contributed by atoms with Crippen molar-refractivity contribution < 1.29 is 29.0 Å². The van der Waals surface area contributed by atoms with Gasteiger partial charge < -0.3 is 20.3 Å². The Hall–Kier alpha value is -2.29. The summed E-state index contributed by atoms with van der Waals surface area (Å²) in [4.78, 5) is 36.2. The van der Waals surface area contributed by atoms with Crippen LogP contribution in [0.25, 0.3) is 0 Å². The first-order valence-electron chi connectivity index (χ1n) is 7.31. The van der Waals surface area contributed by atoms with Crippen LogP contribution in [0, 0.1) is 5.41 Å². The Morgan fingerprint density at radius 1 is 1.39 bits per heavy atom. The van der Waals surface area contributed by atoms with Crippen molar-refractivity contribution in [3.05, 3.63) is 11.3 Å². The third-order valence-electron chi connectivity index (χ3n) is 4.49. The molecule has 2 atom stereocenters. The molecule has 2 aliphatic rings. The summed E-state index contributed by atoms with van der Waals surface area (Å²) in [6, 6.07) is -0.923. The number of hydrogen-bond acceptors (Lipinski definition) is 7. The molecule has 23 heavy (non-hydrogen) atoms. The number of hydrogen-bond donors (Lipinski definition) is 3. The number of esters is 2. The fraction of sp³-hybridized carbons (Fsp3) is 0.643. The molecule has 1 heterocycles. The number of nitrogens with one attached hydrogen (secondary N) is 1. The van der Waals surface area contributed by atoms with Gasteiger partial charge in [-0.1, -0.05) is 0 Å². The van der Waals surface area contributed by atoms with Gasteiger partial charge in [-0.25, -0.2) is 15.0 Å². The molecule has 128 valence electrons. The Morgan fingerprint density at radius 3 is 2.57 bits per heavy atom. The molecular weight excluding hydrogens is 306 g/mol. The zero-order valence-electron chi connectivity index (χ0n) is 13.3. The lowest BCUT2D eigenvalue weighted by Gasteiger charge is -2.40. The van der Waals surface area contributed by atoms with E-state index in [0.717, 1.165) is 5.01 Å². The van der Waals surface area contributed by atoms with Gasteiger partial charge in [0.1, 0.15) is 0 Å². The highest BCUT2D eigenvalue weighted by Crippen LogP contribution is 2.59. The molecule has 9 nitrogen and oxygen atoms in total. The van der Waals surface area contributed by atoms with Crippen LogP contribution in [0.2, 0.25) is 0 Å². The van der Waals surface area contributed by atoms with E-state index < -0.39 is 29.1 Å². The highest BCUT2D eigenvalue weighted by atomic mass is 16.5. The average Bonchev–Trinajstić information content (AvgIpc) is 2.91. The Balaban J connectivity index is 2.66. The summed E-state index contributed by atoms with van der Waals surface area (Å²) in [5.74, 6) is -1.49. The van der Waals surface area contributed by atoms with Gasteiger partial charge in [0.25, 0.3) is 0 Å². The summed E-state index contributed by atoms with van der Waals surface area (Å²) in [7, 11) is 1.18. The number of nitrogens with two attached hydrogens (primary N) is 1. The van der Waals surface area contributed by atoms with Gasteiger partial charge >= 0.3 is 18.0 Å². The molecule has 4 N–H and O–H groups in total. The van der Waals surface area contributed by atoms with Crippen LogP contribution in [-0.4, -0.2) is 47.5 Å². The summed E-state index contributed by atoms with van der Waals surface area (Å²) in [5.41, 5.74) is 4.16. The standard InChI is InChI=1S/C14H21N3O6/c1-4-23-11(19)13-6-5-7-14(13,21)17(16-12(15)20)8(2)9(13)10(18)22-3/h21H,4-7H2,1-3H3,(H3,15,16,20)/t13-,14+/m1/s1. The second-order valence-corrected chi connectivity index (χ2v) is 5.56. The van der Waals surface area contributed by atoms with Crippen LogP contribution in [0.4, 0.5) is 4.79 Å². The molecule has 0 radical (unpaired) electrons. The molecule has 0 unspecified atom stereocenters. The molecule has 9 heteroatoms. The van der Waals surface area contributed by atoms with Crippen LogP contribution in [0.1, 0.15) is 33.1 Å². The molecule has 0 aromatic rings. The molecule has 1 aliphatic carbocycles. The number of methoxy groups -OCH3 is 1. The topological polar surface area (TPSA) is 131 Å². The van der Waals surface area contributed by atoms with Crippen LogP contribution in [0.3, 0.4) is 0 Å². The van der Waals surface area contributed by atoms with E-state index >= 15 is 0 Å². The third kappa shape index (κ3) is 2.14. The van der Waals surface area contributed by atoms with Crippen molar-refractivity contribution in [3.8, 4) is 0 Å². The third-order valence-corrected chi connectivity index (χ3v) is 4.49. The summed E-state index contributed by atoms with van der Waals surface area (Å²) in [5, 5.41) is 12.3. The van der Waals surface area contributed by atoms with Gasteiger partial charge in [0.15, 0.2) is 11.1 Å². The van der Waals surface area contributed by atoms with E-state index in [9.17, 15) is 19.5 Å². The number of fused-ring (bicyclic) bond motifs is 1. The molecule has 2 amide bonds. The fourth-order valence-corrected chi connectivity index (χ4v) is 3.67. The van der Waals surface area contributed by atoms with Crippen LogP contribution in [-0.2, 0) is 19.1 Å². The lowest BCUT2D eigenvalue weighted by molar-refractivity contribution is -0.187. The summed E-state index contributed by atoms with van der Waals surface area (Å²) >= 11 is 0. The number of hydrazine groups is 1. The Bertz CT molecular complexity index is 589. The number of urea groups is 1. The molecule has 2 rings (SSSR count). The SMILES string of the molecule is CCOC(=O)[C@]12CCC[C@@]1(O)N(NC(N)=O)C(C)=C2C(=O)OC. The Morgan fingerprint density at radius 2 is 2.04 bits per heavy atom. The normalized spacial score (nSPS) is 29.3. The molecule has 0 aromatic heterocycles. The van der Waals surface area contributed by atoms with E-state index in [1.165, 1.54) is 14.0 Å². The maximum atomic E-state index is 12.7. The molecule has 0 bridgehead atoms. The maximum absolute atomic E-state index is 12.7. The minimum Gasteiger partial charge on any atom is -0.466 e. The van der Waals surface area contributed by atoms with Crippen molar-refractivity contribution in [2.75, 3.05) is 13.7 Å². The summed E-state index contributed by atoms with van der Waals surface area (Å²) in [6.07, 6.45) is 0.811. The van der Waals surface area contributed by atoms with Gasteiger partial charge in [0.05, 0.1) is 19.3 Å². The van der Waals surface area contributed by atoms with Gasteiger partial charge in [-0.15, -0.1) is 0 Å². The second-order valence-electron chi connectivity index (χ2n) is 5.56. The van der Waals surface area contributed by atoms with E-state index in [1.807, 2.05) is 0 Å². The first kappa shape index (κ1) is 17.1. The van der Waals surface area contributed by atoms with Crippen molar-refractivity contribution in [2.45, 2.75) is 38.8 Å². The van der Waals surface area contributed by atoms with Gasteiger partial charge in [0.2, 0.25) is 0 Å². The van der Waals surface area contributed by atoms with Crippen molar-refractivity contribution in [1.82, 2.24) is 10.4 Å². The highest BCUT2D eigenvalue weighted by molar-refractivity contribution is 6.01. The fourth-order valence-electron chi connectivity index (χ4n) is 3.67. The average molecular weight is 327 g/mol. The molecule has 1 fully saturated rings. The smallest absolute Gasteiger partial charge is 0.336 e. The van der Waals surface area contributed by atoms with Crippen LogP contribution in [0.5, 0.6) is 0 Å². The first-order valence-corrected chi connectivity index (χ1v) is 7.31. The minimum atomic E-state index is -1.83. The van der Waals surface area contributed by atoms with E-state index in [1.54, 1.807) is 6.92 Å². The van der Waals surface area contributed by atoms with Gasteiger partial charge in [-0.2, -0.15) is 0 Å². The van der Waals surface area contributed by atoms with Crippen LogP contribution >= 0.6 is 0 Å². The van der Waals surface area contributed by atoms with Crippen molar-refractivity contribution in [2.24, 2.45) is 11.1 Å². The predicted octanol–water partition coefficient (Wildman–Crippen LogP) is -0.246. The van der Waals surface area contributed by atoms with Gasteiger partial charge in [-0.3, -0.25) is 9.80 Å². The van der Waals surface area contributed by atoms with E-state index in [2.05, 4.69) is 5.43 Å². The summed E-state index contributed by atoms with van der Waals surface area (Å²) < 4.78 is 9.89. The number of carbonyl (C=O) groups excluding carboxylic acids is 3. The Labute approximate surface area is 133 Å². The zero-order valence-corrected chi connectivity index (χ0v) is 13.3. The molecule has 1 aliphatic heterocycles. The van der Waals surface area contributed by atoms with Crippen LogP contribution in [0.15, 0.2) is 11.3 Å². The highest BCUT2D eigenvalue weighted by Gasteiger charge is 2.71. The van der Waals surface area contributed by atoms with E-state index in [4.69, 9.17) is 15.2 Å². The lowest BCUT2D eigenvalue weighted by atomic mass is 9.75. The van der Waals surface area contributed by atoms with Crippen LogP contribution < -0.4 is 11.2 Å². The van der Waals surface area contributed by atoms with Crippen molar-refractivity contribution in [3.63, 3.8) is 0 Å². The molecule has 0 aromatic carbocycles. The molecule has 0 spiro atoms. The van der Waals surface area contributed by atoms with E-state index in [0.29, 0.717) is 6.42 Å². The van der Waals surface area contributed by atoms with Crippen molar-refractivity contribution >= 4 is 18.0 Å². The minimum absolute atomic E-state index is 0.0211. The number of aliphatic hydroxyl groups is 1. The monoisotopic (exact) mass is 327 g/mol. The number of allylic oxidation sites excluding steroid dienone is 1. The predicted molar refractivity (Wildman–Crippen MR) is 77.1 cm³/mol. The number of amides is 2. The number of ether oxygens (including phenoxy) is 2. The lowest BCUT2D eigenvalue weighted by Crippen LogP contribution is -2.61. The molecule has 0 saturated heterocycles. The number of nitrogens with zero attached hydrogens (tertiary/aromatic N) is 1. The molecular formula is C14H21N3O6. The maximum Gasteiger partial charge on any atom is 0.336 e. The first-order chi connectivity index (χ1) is 10.8. The largest absolute Gasteiger partial charge is 0.466 e. The number of primary amides is 1. The molecule has 1 saturated carbocycles. The number of carbonyl (C=O) groups is 3. The quantitative estimate of drug-likeness (QED) is 0.607. The van der Waals surface area contributed by atoms with E-state index in [-0.39, 0.29) is 30.7 Å².